The highest BCUT2D eigenvalue weighted by Crippen LogP contribution is 2.28. The van der Waals surface area contributed by atoms with Crippen molar-refractivity contribution >= 4 is 45.7 Å². The average molecular weight is 430 g/mol. The summed E-state index contributed by atoms with van der Waals surface area (Å²) >= 11 is 5.06. The molecule has 1 N–H and O–H groups in total. The van der Waals surface area contributed by atoms with E-state index in [4.69, 9.17) is 21.7 Å². The Hall–Kier alpha value is -1.94. The van der Waals surface area contributed by atoms with Crippen molar-refractivity contribution in [1.82, 2.24) is 5.32 Å². The molecule has 10 heteroatoms. The van der Waals surface area contributed by atoms with E-state index in [0.717, 1.165) is 0 Å². The summed E-state index contributed by atoms with van der Waals surface area (Å²) in [5.74, 6) is 0.666. The monoisotopic (exact) mass is 429 g/mol. The van der Waals surface area contributed by atoms with Gasteiger partial charge in [0.1, 0.15) is 11.9 Å². The van der Waals surface area contributed by atoms with Crippen LogP contribution in [0.15, 0.2) is 18.2 Å². The second-order valence-corrected chi connectivity index (χ2v) is 8.99. The summed E-state index contributed by atoms with van der Waals surface area (Å²) in [5, 5.41) is 3.17. The van der Waals surface area contributed by atoms with Gasteiger partial charge in [-0.2, -0.15) is 0 Å². The maximum absolute atomic E-state index is 14.6. The number of carbonyl (C=O) groups excluding carboxylic acids is 1. The second-order valence-electron chi connectivity index (χ2n) is 6.92. The summed E-state index contributed by atoms with van der Waals surface area (Å²) in [4.78, 5) is 15.5. The van der Waals surface area contributed by atoms with E-state index in [-0.39, 0.29) is 17.8 Å². The standard InChI is InChI=1S/C18H24FN3O4S2/c1-12(2)25-17(27)20-10-14-11-22(18(23)26-14)13-3-4-16(15(19)9-13)21-5-7-28(24)8-6-21/h3-4,9,12,14H,5-8,10-11H2,1-2H3,(H,20,27). The van der Waals surface area contributed by atoms with Gasteiger partial charge >= 0.3 is 6.09 Å². The first-order valence-electron chi connectivity index (χ1n) is 9.15. The summed E-state index contributed by atoms with van der Waals surface area (Å²) < 4.78 is 36.8. The molecule has 2 saturated heterocycles. The smallest absolute Gasteiger partial charge is 0.414 e. The predicted octanol–water partition coefficient (Wildman–Crippen LogP) is 2.02. The lowest BCUT2D eigenvalue weighted by atomic mass is 10.2. The number of rotatable bonds is 5. The molecule has 28 heavy (non-hydrogen) atoms. The first-order chi connectivity index (χ1) is 13.3. The van der Waals surface area contributed by atoms with Gasteiger partial charge < -0.3 is 19.7 Å². The fourth-order valence-corrected chi connectivity index (χ4v) is 4.42. The van der Waals surface area contributed by atoms with Crippen LogP contribution < -0.4 is 15.1 Å². The van der Waals surface area contributed by atoms with E-state index in [9.17, 15) is 13.4 Å². The Balaban J connectivity index is 1.60. The normalized spacial score (nSPS) is 20.4. The number of cyclic esters (lactones) is 1. The predicted molar refractivity (Wildman–Crippen MR) is 111 cm³/mol. The molecule has 1 aromatic carbocycles. The topological polar surface area (TPSA) is 71.1 Å². The number of halogens is 1. The second kappa shape index (κ2) is 9.04. The minimum absolute atomic E-state index is 0.0379. The Kier molecular flexibility index (Phi) is 6.71. The molecule has 1 aromatic rings. The van der Waals surface area contributed by atoms with Crippen LogP contribution >= 0.6 is 12.2 Å². The zero-order chi connectivity index (χ0) is 20.3. The van der Waals surface area contributed by atoms with Gasteiger partial charge in [0.25, 0.3) is 5.17 Å². The van der Waals surface area contributed by atoms with Crippen molar-refractivity contribution < 1.29 is 22.9 Å². The van der Waals surface area contributed by atoms with Gasteiger partial charge in [0, 0.05) is 35.4 Å². The molecule has 2 aliphatic heterocycles. The van der Waals surface area contributed by atoms with Crippen LogP contribution in [-0.2, 0) is 20.3 Å². The molecule has 0 radical (unpaired) electrons. The van der Waals surface area contributed by atoms with E-state index >= 15 is 0 Å². The highest BCUT2D eigenvalue weighted by atomic mass is 32.2. The molecule has 2 heterocycles. The van der Waals surface area contributed by atoms with Gasteiger partial charge in [-0.3, -0.25) is 9.11 Å². The van der Waals surface area contributed by atoms with Crippen LogP contribution in [0.4, 0.5) is 20.6 Å². The molecule has 3 rings (SSSR count). The van der Waals surface area contributed by atoms with Gasteiger partial charge in [0.05, 0.1) is 30.6 Å². The molecular formula is C18H24FN3O4S2. The van der Waals surface area contributed by atoms with Crippen LogP contribution in [0.25, 0.3) is 0 Å². The number of amides is 1. The lowest BCUT2D eigenvalue weighted by Crippen LogP contribution is -2.38. The van der Waals surface area contributed by atoms with Crippen molar-refractivity contribution in [2.45, 2.75) is 26.1 Å². The molecule has 0 aliphatic carbocycles. The molecule has 1 atom stereocenters. The van der Waals surface area contributed by atoms with Gasteiger partial charge in [-0.25, -0.2) is 9.18 Å². The minimum atomic E-state index is -0.823. The van der Waals surface area contributed by atoms with E-state index in [2.05, 4.69) is 5.32 Å². The van der Waals surface area contributed by atoms with Gasteiger partial charge in [0.15, 0.2) is 0 Å². The van der Waals surface area contributed by atoms with E-state index in [1.165, 1.54) is 11.0 Å². The third-order valence-corrected chi connectivity index (χ3v) is 5.97. The number of benzene rings is 1. The molecule has 2 aliphatic rings. The fraction of sp³-hybridized carbons (Fsp3) is 0.556. The summed E-state index contributed by atoms with van der Waals surface area (Å²) in [6, 6.07) is 4.70. The molecule has 2 fully saturated rings. The number of hydrogen-bond acceptors (Lipinski definition) is 6. The van der Waals surface area contributed by atoms with E-state index in [1.54, 1.807) is 12.1 Å². The number of thiocarbonyl (C=S) groups is 1. The van der Waals surface area contributed by atoms with E-state index in [0.29, 0.717) is 42.5 Å². The third-order valence-electron chi connectivity index (χ3n) is 4.45. The maximum Gasteiger partial charge on any atom is 0.414 e. The summed E-state index contributed by atoms with van der Waals surface area (Å²) in [6.07, 6.45) is -0.979. The van der Waals surface area contributed by atoms with Crippen molar-refractivity contribution in [3.05, 3.63) is 24.0 Å². The fourth-order valence-electron chi connectivity index (χ4n) is 3.09. The van der Waals surface area contributed by atoms with Gasteiger partial charge in [-0.15, -0.1) is 0 Å². The molecule has 0 aromatic heterocycles. The van der Waals surface area contributed by atoms with Crippen molar-refractivity contribution in [1.29, 1.82) is 0 Å². The molecule has 0 saturated carbocycles. The molecule has 154 valence electrons. The molecule has 1 amide bonds. The Morgan fingerprint density at radius 2 is 2.14 bits per heavy atom. The van der Waals surface area contributed by atoms with Crippen molar-refractivity contribution in [2.24, 2.45) is 0 Å². The maximum atomic E-state index is 14.6. The quantitative estimate of drug-likeness (QED) is 0.718. The summed E-state index contributed by atoms with van der Waals surface area (Å²) in [5.41, 5.74) is 0.901. The van der Waals surface area contributed by atoms with Crippen molar-refractivity contribution in [3.63, 3.8) is 0 Å². The molecular weight excluding hydrogens is 405 g/mol. The Morgan fingerprint density at radius 1 is 1.43 bits per heavy atom. The third kappa shape index (κ3) is 5.11. The first kappa shape index (κ1) is 20.8. The number of carbonyl (C=O) groups is 1. The van der Waals surface area contributed by atoms with Crippen LogP contribution in [0, 0.1) is 5.82 Å². The average Bonchev–Trinajstić information content (AvgIpc) is 3.01. The zero-order valence-electron chi connectivity index (χ0n) is 15.9. The minimum Gasteiger partial charge on any atom is -0.468 e. The van der Waals surface area contributed by atoms with Gasteiger partial charge in [0.2, 0.25) is 0 Å². The van der Waals surface area contributed by atoms with Crippen molar-refractivity contribution in [3.8, 4) is 0 Å². The van der Waals surface area contributed by atoms with Crippen LogP contribution in [0.3, 0.4) is 0 Å². The number of hydrogen-bond donors (Lipinski definition) is 1. The summed E-state index contributed by atoms with van der Waals surface area (Å²) in [7, 11) is -0.823. The Bertz CT molecular complexity index is 767. The van der Waals surface area contributed by atoms with Crippen molar-refractivity contribution in [2.75, 3.05) is 47.5 Å². The van der Waals surface area contributed by atoms with Gasteiger partial charge in [-0.1, -0.05) is 0 Å². The molecule has 0 bridgehead atoms. The lowest BCUT2D eigenvalue weighted by Gasteiger charge is -2.29. The molecule has 1 unspecified atom stereocenters. The first-order valence-corrected chi connectivity index (χ1v) is 11.0. The zero-order valence-corrected chi connectivity index (χ0v) is 17.5. The van der Waals surface area contributed by atoms with Crippen LogP contribution in [0.1, 0.15) is 13.8 Å². The SMILES string of the molecule is CC(C)OC(=S)NCC1CN(c2ccc(N3CCS(=O)CC3)c(F)c2)C(=O)O1. The number of ether oxygens (including phenoxy) is 2. The number of anilines is 2. The Labute approximate surface area is 171 Å². The number of nitrogens with zero attached hydrogens (tertiary/aromatic N) is 2. The summed E-state index contributed by atoms with van der Waals surface area (Å²) in [6.45, 7) is 5.46. The lowest BCUT2D eigenvalue weighted by molar-refractivity contribution is 0.140. The highest BCUT2D eigenvalue weighted by Gasteiger charge is 2.33. The highest BCUT2D eigenvalue weighted by molar-refractivity contribution is 7.85. The van der Waals surface area contributed by atoms with E-state index < -0.39 is 28.8 Å². The number of nitrogens with one attached hydrogen (secondary N) is 1. The molecule has 7 nitrogen and oxygen atoms in total. The Morgan fingerprint density at radius 3 is 2.79 bits per heavy atom. The van der Waals surface area contributed by atoms with E-state index in [1.807, 2.05) is 18.7 Å². The van der Waals surface area contributed by atoms with Crippen LogP contribution in [0.2, 0.25) is 0 Å². The largest absolute Gasteiger partial charge is 0.468 e. The van der Waals surface area contributed by atoms with Crippen LogP contribution in [0.5, 0.6) is 0 Å². The van der Waals surface area contributed by atoms with Crippen LogP contribution in [-0.4, -0.2) is 65.4 Å². The molecule has 0 spiro atoms. The van der Waals surface area contributed by atoms with Gasteiger partial charge in [-0.05, 0) is 44.3 Å².